The van der Waals surface area contributed by atoms with Gasteiger partial charge in [0.25, 0.3) is 0 Å². The fourth-order valence-corrected chi connectivity index (χ4v) is 1.39. The normalized spacial score (nSPS) is 23.2. The third kappa shape index (κ3) is 1.35. The van der Waals surface area contributed by atoms with Crippen LogP contribution >= 0.6 is 0 Å². The first-order valence-electron chi connectivity index (χ1n) is 4.17. The van der Waals surface area contributed by atoms with Crippen molar-refractivity contribution >= 4 is 0 Å². The predicted molar refractivity (Wildman–Crippen MR) is 42.3 cm³/mol. The molecule has 2 N–H and O–H groups in total. The Balaban J connectivity index is 2.11. The fourth-order valence-electron chi connectivity index (χ4n) is 1.39. The average Bonchev–Trinajstić information content (AvgIpc) is 2.75. The Morgan fingerprint density at radius 3 is 3.17 bits per heavy atom. The Morgan fingerprint density at radius 1 is 1.67 bits per heavy atom. The van der Waals surface area contributed by atoms with Crippen molar-refractivity contribution in [2.45, 2.75) is 25.5 Å². The maximum absolute atomic E-state index is 5.43. The van der Waals surface area contributed by atoms with Crippen molar-refractivity contribution in [3.8, 4) is 0 Å². The van der Waals surface area contributed by atoms with Crippen molar-refractivity contribution < 1.29 is 9.26 Å². The molecule has 1 aromatic rings. The summed E-state index contributed by atoms with van der Waals surface area (Å²) in [6, 6.07) is 1.87. The Kier molecular flexibility index (Phi) is 2.10. The van der Waals surface area contributed by atoms with Crippen LogP contribution in [0, 0.1) is 0 Å². The van der Waals surface area contributed by atoms with Gasteiger partial charge >= 0.3 is 0 Å². The van der Waals surface area contributed by atoms with Crippen LogP contribution in [0.25, 0.3) is 0 Å². The van der Waals surface area contributed by atoms with E-state index in [0.717, 1.165) is 30.9 Å². The van der Waals surface area contributed by atoms with E-state index in [-0.39, 0.29) is 6.10 Å². The van der Waals surface area contributed by atoms with E-state index in [9.17, 15) is 0 Å². The summed E-state index contributed by atoms with van der Waals surface area (Å²) in [6.45, 7) is 1.23. The number of nitrogens with two attached hydrogens (primary N) is 1. The summed E-state index contributed by atoms with van der Waals surface area (Å²) in [7, 11) is 0. The molecule has 2 rings (SSSR count). The lowest BCUT2D eigenvalue weighted by molar-refractivity contribution is 0.105. The maximum Gasteiger partial charge on any atom is 0.150 e. The van der Waals surface area contributed by atoms with E-state index in [1.165, 1.54) is 0 Å². The summed E-state index contributed by atoms with van der Waals surface area (Å²) < 4.78 is 10.4. The second-order valence-corrected chi connectivity index (χ2v) is 2.92. The van der Waals surface area contributed by atoms with Crippen molar-refractivity contribution in [3.05, 3.63) is 17.5 Å². The van der Waals surface area contributed by atoms with Gasteiger partial charge in [0.15, 0.2) is 5.76 Å². The van der Waals surface area contributed by atoms with E-state index in [2.05, 4.69) is 5.16 Å². The second kappa shape index (κ2) is 3.25. The number of hydrogen-bond donors (Lipinski definition) is 1. The zero-order valence-electron chi connectivity index (χ0n) is 6.82. The van der Waals surface area contributed by atoms with Gasteiger partial charge in [-0.05, 0) is 12.8 Å². The van der Waals surface area contributed by atoms with Gasteiger partial charge in [-0.25, -0.2) is 0 Å². The predicted octanol–water partition coefficient (Wildman–Crippen LogP) is 0.985. The molecule has 1 atom stereocenters. The second-order valence-electron chi connectivity index (χ2n) is 2.92. The fraction of sp³-hybridized carbons (Fsp3) is 0.625. The highest BCUT2D eigenvalue weighted by Gasteiger charge is 2.20. The molecule has 1 aliphatic rings. The molecule has 4 nitrogen and oxygen atoms in total. The quantitative estimate of drug-likeness (QED) is 0.715. The highest BCUT2D eigenvalue weighted by molar-refractivity contribution is 5.08. The van der Waals surface area contributed by atoms with E-state index in [1.54, 1.807) is 0 Å². The smallest absolute Gasteiger partial charge is 0.150 e. The molecule has 1 saturated heterocycles. The summed E-state index contributed by atoms with van der Waals surface area (Å²) in [5.41, 5.74) is 6.27. The molecule has 0 spiro atoms. The van der Waals surface area contributed by atoms with E-state index in [1.807, 2.05) is 6.07 Å². The lowest BCUT2D eigenvalue weighted by Gasteiger charge is -2.01. The van der Waals surface area contributed by atoms with Crippen LogP contribution in [0.15, 0.2) is 10.6 Å². The van der Waals surface area contributed by atoms with Crippen LogP contribution in [0.2, 0.25) is 0 Å². The molecular weight excluding hydrogens is 156 g/mol. The summed E-state index contributed by atoms with van der Waals surface area (Å²) >= 11 is 0. The molecule has 0 aliphatic carbocycles. The Hall–Kier alpha value is -0.870. The molecule has 1 aliphatic heterocycles. The van der Waals surface area contributed by atoms with Gasteiger partial charge in [-0.3, -0.25) is 0 Å². The molecule has 4 heteroatoms. The summed E-state index contributed by atoms with van der Waals surface area (Å²) in [5.74, 6) is 0.723. The van der Waals surface area contributed by atoms with Gasteiger partial charge in [-0.15, -0.1) is 0 Å². The van der Waals surface area contributed by atoms with Crippen molar-refractivity contribution in [2.75, 3.05) is 6.61 Å². The molecule has 0 aromatic carbocycles. The minimum Gasteiger partial charge on any atom is -0.372 e. The van der Waals surface area contributed by atoms with E-state index in [4.69, 9.17) is 15.0 Å². The molecule has 66 valence electrons. The lowest BCUT2D eigenvalue weighted by atomic mass is 10.2. The van der Waals surface area contributed by atoms with Gasteiger partial charge in [0.05, 0.1) is 6.54 Å². The Bertz CT molecular complexity index is 253. The average molecular weight is 168 g/mol. The molecule has 1 fully saturated rings. The molecule has 0 saturated carbocycles. The number of ether oxygens (including phenoxy) is 1. The molecular formula is C8H12N2O2. The van der Waals surface area contributed by atoms with Crippen molar-refractivity contribution in [1.29, 1.82) is 0 Å². The van der Waals surface area contributed by atoms with Crippen LogP contribution < -0.4 is 5.73 Å². The van der Waals surface area contributed by atoms with Crippen LogP contribution in [0.1, 0.15) is 30.4 Å². The minimum atomic E-state index is 0.133. The third-order valence-electron chi connectivity index (χ3n) is 2.04. The monoisotopic (exact) mass is 168 g/mol. The van der Waals surface area contributed by atoms with Crippen molar-refractivity contribution in [3.63, 3.8) is 0 Å². The first kappa shape index (κ1) is 7.76. The standard InChI is InChI=1S/C8H12N2O2/c9-5-6-4-7(10-12-6)8-2-1-3-11-8/h4,8H,1-3,5,9H2. The van der Waals surface area contributed by atoms with Crippen molar-refractivity contribution in [2.24, 2.45) is 5.73 Å². The first-order chi connectivity index (χ1) is 5.90. The van der Waals surface area contributed by atoms with Gasteiger partial charge in [-0.2, -0.15) is 0 Å². The van der Waals surface area contributed by atoms with Crippen LogP contribution in [0.4, 0.5) is 0 Å². The summed E-state index contributed by atoms with van der Waals surface area (Å²) in [5, 5.41) is 3.89. The molecule has 0 radical (unpaired) electrons. The van der Waals surface area contributed by atoms with Gasteiger partial charge in [0.2, 0.25) is 0 Å². The van der Waals surface area contributed by atoms with Gasteiger partial charge in [-0.1, -0.05) is 5.16 Å². The number of aromatic nitrogens is 1. The molecule has 0 amide bonds. The minimum absolute atomic E-state index is 0.133. The number of hydrogen-bond acceptors (Lipinski definition) is 4. The summed E-state index contributed by atoms with van der Waals surface area (Å²) in [4.78, 5) is 0. The zero-order valence-corrected chi connectivity index (χ0v) is 6.82. The van der Waals surface area contributed by atoms with Crippen LogP contribution in [-0.2, 0) is 11.3 Å². The number of rotatable bonds is 2. The van der Waals surface area contributed by atoms with E-state index in [0.29, 0.717) is 6.54 Å². The lowest BCUT2D eigenvalue weighted by Crippen LogP contribution is -1.95. The van der Waals surface area contributed by atoms with E-state index >= 15 is 0 Å². The maximum atomic E-state index is 5.43. The first-order valence-corrected chi connectivity index (χ1v) is 4.17. The third-order valence-corrected chi connectivity index (χ3v) is 2.04. The van der Waals surface area contributed by atoms with Crippen LogP contribution in [-0.4, -0.2) is 11.8 Å². The topological polar surface area (TPSA) is 61.3 Å². The molecule has 12 heavy (non-hydrogen) atoms. The van der Waals surface area contributed by atoms with Gasteiger partial charge < -0.3 is 15.0 Å². The van der Waals surface area contributed by atoms with Crippen LogP contribution in [0.5, 0.6) is 0 Å². The molecule has 0 bridgehead atoms. The highest BCUT2D eigenvalue weighted by atomic mass is 16.5. The van der Waals surface area contributed by atoms with Gasteiger partial charge in [0, 0.05) is 12.7 Å². The Morgan fingerprint density at radius 2 is 2.58 bits per heavy atom. The molecule has 1 unspecified atom stereocenters. The largest absolute Gasteiger partial charge is 0.372 e. The SMILES string of the molecule is NCc1cc(C2CCCO2)no1. The highest BCUT2D eigenvalue weighted by Crippen LogP contribution is 2.27. The van der Waals surface area contributed by atoms with Crippen molar-refractivity contribution in [1.82, 2.24) is 5.16 Å². The zero-order chi connectivity index (χ0) is 8.39. The summed E-state index contributed by atoms with van der Waals surface area (Å²) in [6.07, 6.45) is 2.28. The van der Waals surface area contributed by atoms with E-state index < -0.39 is 0 Å². The van der Waals surface area contributed by atoms with Gasteiger partial charge in [0.1, 0.15) is 11.8 Å². The molecule has 1 aromatic heterocycles. The molecule has 2 heterocycles. The number of nitrogens with zero attached hydrogens (tertiary/aromatic N) is 1. The Labute approximate surface area is 70.7 Å². The van der Waals surface area contributed by atoms with Crippen LogP contribution in [0.3, 0.4) is 0 Å².